The summed E-state index contributed by atoms with van der Waals surface area (Å²) in [6.07, 6.45) is 3.59. The van der Waals surface area contributed by atoms with Crippen LogP contribution >= 0.6 is 15.9 Å². The molecule has 0 bridgehead atoms. The first kappa shape index (κ1) is 14.1. The maximum atomic E-state index is 5.82. The third-order valence-corrected chi connectivity index (χ3v) is 3.30. The Hall–Kier alpha value is -1.35. The fourth-order valence-corrected chi connectivity index (χ4v) is 2.17. The number of hydrogen-bond acceptors (Lipinski definition) is 2. The molecule has 2 aromatic rings. The van der Waals surface area contributed by atoms with Crippen molar-refractivity contribution in [1.29, 1.82) is 0 Å². The highest BCUT2D eigenvalue weighted by molar-refractivity contribution is 9.10. The van der Waals surface area contributed by atoms with E-state index < -0.39 is 0 Å². The fraction of sp³-hybridized carbons (Fsp3) is 0.312. The summed E-state index contributed by atoms with van der Waals surface area (Å²) in [5, 5.41) is 0. The molecular formula is C16H18BrNO. The fourth-order valence-electron chi connectivity index (χ4n) is 1.75. The zero-order chi connectivity index (χ0) is 13.9. The molecule has 0 radical (unpaired) electrons. The van der Waals surface area contributed by atoms with Crippen molar-refractivity contribution in [3.63, 3.8) is 0 Å². The van der Waals surface area contributed by atoms with Gasteiger partial charge in [-0.05, 0) is 45.1 Å². The SMILES string of the molecule is CC(C)(C)c1cccc(OCc2cncc(Br)c2)c1. The number of ether oxygens (including phenoxy) is 1. The Morgan fingerprint density at radius 2 is 1.95 bits per heavy atom. The van der Waals surface area contributed by atoms with Gasteiger partial charge in [0.05, 0.1) is 0 Å². The van der Waals surface area contributed by atoms with Crippen LogP contribution in [0.5, 0.6) is 5.75 Å². The zero-order valence-corrected chi connectivity index (χ0v) is 13.1. The largest absolute Gasteiger partial charge is 0.489 e. The average molecular weight is 320 g/mol. The van der Waals surface area contributed by atoms with Gasteiger partial charge in [0.2, 0.25) is 0 Å². The molecule has 100 valence electrons. The van der Waals surface area contributed by atoms with Gasteiger partial charge in [-0.15, -0.1) is 0 Å². The summed E-state index contributed by atoms with van der Waals surface area (Å²) in [4.78, 5) is 4.13. The van der Waals surface area contributed by atoms with Gasteiger partial charge < -0.3 is 4.74 Å². The van der Waals surface area contributed by atoms with E-state index in [1.54, 1.807) is 6.20 Å². The Labute approximate surface area is 123 Å². The van der Waals surface area contributed by atoms with E-state index in [0.717, 1.165) is 15.8 Å². The molecule has 0 amide bonds. The summed E-state index contributed by atoms with van der Waals surface area (Å²) >= 11 is 3.41. The number of benzene rings is 1. The molecule has 1 heterocycles. The van der Waals surface area contributed by atoms with Gasteiger partial charge in [0.15, 0.2) is 0 Å². The standard InChI is InChI=1S/C16H18BrNO/c1-16(2,3)13-5-4-6-15(8-13)19-11-12-7-14(17)10-18-9-12/h4-10H,11H2,1-3H3. The van der Waals surface area contributed by atoms with Crippen LogP contribution in [0.25, 0.3) is 0 Å². The molecule has 3 heteroatoms. The van der Waals surface area contributed by atoms with E-state index in [1.807, 2.05) is 24.4 Å². The van der Waals surface area contributed by atoms with Gasteiger partial charge >= 0.3 is 0 Å². The minimum absolute atomic E-state index is 0.136. The summed E-state index contributed by atoms with van der Waals surface area (Å²) in [6, 6.07) is 10.3. The summed E-state index contributed by atoms with van der Waals surface area (Å²) in [5.41, 5.74) is 2.46. The molecule has 0 aliphatic carbocycles. The molecule has 0 saturated heterocycles. The molecule has 1 aromatic carbocycles. The average Bonchev–Trinajstić information content (AvgIpc) is 2.36. The highest BCUT2D eigenvalue weighted by Gasteiger charge is 2.13. The van der Waals surface area contributed by atoms with Gasteiger partial charge in [0.25, 0.3) is 0 Å². The van der Waals surface area contributed by atoms with Crippen LogP contribution in [-0.2, 0) is 12.0 Å². The van der Waals surface area contributed by atoms with Gasteiger partial charge in [-0.1, -0.05) is 32.9 Å². The van der Waals surface area contributed by atoms with Crippen molar-refractivity contribution in [2.75, 3.05) is 0 Å². The molecule has 0 N–H and O–H groups in total. The van der Waals surface area contributed by atoms with Crippen LogP contribution in [0.15, 0.2) is 47.2 Å². The van der Waals surface area contributed by atoms with E-state index >= 15 is 0 Å². The second-order valence-corrected chi connectivity index (χ2v) is 6.49. The van der Waals surface area contributed by atoms with E-state index in [1.165, 1.54) is 5.56 Å². The molecule has 2 nitrogen and oxygen atoms in total. The molecule has 0 fully saturated rings. The lowest BCUT2D eigenvalue weighted by Gasteiger charge is -2.19. The van der Waals surface area contributed by atoms with E-state index in [0.29, 0.717) is 6.61 Å². The van der Waals surface area contributed by atoms with E-state index in [2.05, 4.69) is 53.8 Å². The summed E-state index contributed by atoms with van der Waals surface area (Å²) < 4.78 is 6.79. The van der Waals surface area contributed by atoms with Crippen molar-refractivity contribution in [2.24, 2.45) is 0 Å². The van der Waals surface area contributed by atoms with E-state index in [9.17, 15) is 0 Å². The minimum Gasteiger partial charge on any atom is -0.489 e. The normalized spacial score (nSPS) is 11.4. The lowest BCUT2D eigenvalue weighted by atomic mass is 9.87. The third kappa shape index (κ3) is 4.06. The highest BCUT2D eigenvalue weighted by Crippen LogP contribution is 2.26. The lowest BCUT2D eigenvalue weighted by Crippen LogP contribution is -2.10. The van der Waals surface area contributed by atoms with Crippen molar-refractivity contribution < 1.29 is 4.74 Å². The molecule has 0 aliphatic heterocycles. The smallest absolute Gasteiger partial charge is 0.120 e. The number of nitrogens with zero attached hydrogens (tertiary/aromatic N) is 1. The Morgan fingerprint density at radius 1 is 1.16 bits per heavy atom. The van der Waals surface area contributed by atoms with E-state index in [4.69, 9.17) is 4.74 Å². The molecule has 0 atom stereocenters. The van der Waals surface area contributed by atoms with Crippen molar-refractivity contribution in [3.8, 4) is 5.75 Å². The first-order valence-electron chi connectivity index (χ1n) is 6.28. The molecular weight excluding hydrogens is 302 g/mol. The number of aromatic nitrogens is 1. The van der Waals surface area contributed by atoms with Crippen LogP contribution < -0.4 is 4.74 Å². The molecule has 0 unspecified atom stereocenters. The Kier molecular flexibility index (Phi) is 4.25. The first-order chi connectivity index (χ1) is 8.95. The number of rotatable bonds is 3. The maximum Gasteiger partial charge on any atom is 0.120 e. The molecule has 1 aromatic heterocycles. The topological polar surface area (TPSA) is 22.1 Å². The van der Waals surface area contributed by atoms with Gasteiger partial charge in [-0.25, -0.2) is 0 Å². The molecule has 0 saturated carbocycles. The summed E-state index contributed by atoms with van der Waals surface area (Å²) in [5.74, 6) is 0.896. The van der Waals surface area contributed by atoms with Gasteiger partial charge in [0.1, 0.15) is 12.4 Å². The van der Waals surface area contributed by atoms with E-state index in [-0.39, 0.29) is 5.41 Å². The number of halogens is 1. The predicted molar refractivity (Wildman–Crippen MR) is 81.4 cm³/mol. The summed E-state index contributed by atoms with van der Waals surface area (Å²) in [6.45, 7) is 7.12. The minimum atomic E-state index is 0.136. The lowest BCUT2D eigenvalue weighted by molar-refractivity contribution is 0.305. The van der Waals surface area contributed by atoms with Crippen LogP contribution in [-0.4, -0.2) is 4.98 Å². The zero-order valence-electron chi connectivity index (χ0n) is 11.5. The van der Waals surface area contributed by atoms with Crippen LogP contribution in [0.1, 0.15) is 31.9 Å². The second-order valence-electron chi connectivity index (χ2n) is 5.58. The Balaban J connectivity index is 2.08. The van der Waals surface area contributed by atoms with Crippen LogP contribution in [0, 0.1) is 0 Å². The first-order valence-corrected chi connectivity index (χ1v) is 7.07. The Bertz CT molecular complexity index is 561. The quantitative estimate of drug-likeness (QED) is 0.816. The maximum absolute atomic E-state index is 5.82. The third-order valence-electron chi connectivity index (χ3n) is 2.87. The van der Waals surface area contributed by atoms with Crippen molar-refractivity contribution in [3.05, 3.63) is 58.3 Å². The van der Waals surface area contributed by atoms with Crippen molar-refractivity contribution in [1.82, 2.24) is 4.98 Å². The molecule has 2 rings (SSSR count). The van der Waals surface area contributed by atoms with Gasteiger partial charge in [-0.3, -0.25) is 4.98 Å². The monoisotopic (exact) mass is 319 g/mol. The second kappa shape index (κ2) is 5.74. The van der Waals surface area contributed by atoms with Crippen LogP contribution in [0.4, 0.5) is 0 Å². The Morgan fingerprint density at radius 3 is 2.63 bits per heavy atom. The van der Waals surface area contributed by atoms with Crippen molar-refractivity contribution >= 4 is 15.9 Å². The highest BCUT2D eigenvalue weighted by atomic mass is 79.9. The predicted octanol–water partition coefficient (Wildman–Crippen LogP) is 4.72. The summed E-state index contributed by atoms with van der Waals surface area (Å²) in [7, 11) is 0. The number of hydrogen-bond donors (Lipinski definition) is 0. The molecule has 0 aliphatic rings. The van der Waals surface area contributed by atoms with Gasteiger partial charge in [-0.2, -0.15) is 0 Å². The molecule has 19 heavy (non-hydrogen) atoms. The van der Waals surface area contributed by atoms with Crippen LogP contribution in [0.2, 0.25) is 0 Å². The molecule has 0 spiro atoms. The van der Waals surface area contributed by atoms with Gasteiger partial charge in [0, 0.05) is 22.4 Å². The van der Waals surface area contributed by atoms with Crippen molar-refractivity contribution in [2.45, 2.75) is 32.8 Å². The van der Waals surface area contributed by atoms with Crippen LogP contribution in [0.3, 0.4) is 0 Å². The number of pyridine rings is 1.